The number of rotatable bonds is 7. The number of unbranched alkanes of at least 4 members (excludes halogenated alkanes) is 1. The second-order valence-corrected chi connectivity index (χ2v) is 5.13. The van der Waals surface area contributed by atoms with Gasteiger partial charge in [0.05, 0.1) is 6.42 Å². The van der Waals surface area contributed by atoms with Gasteiger partial charge in [-0.25, -0.2) is 0 Å². The number of carbonyl (C=O) groups excluding carboxylic acids is 1. The van der Waals surface area contributed by atoms with E-state index in [1.807, 2.05) is 4.90 Å². The highest BCUT2D eigenvalue weighted by molar-refractivity contribution is 5.77. The Labute approximate surface area is 109 Å². The van der Waals surface area contributed by atoms with Crippen LogP contribution in [0.5, 0.6) is 0 Å². The molecule has 0 aliphatic heterocycles. The number of hydrogen-bond acceptors (Lipinski definition) is 2. The largest absolute Gasteiger partial charge is 0.481 e. The zero-order valence-corrected chi connectivity index (χ0v) is 11.4. The second-order valence-electron chi connectivity index (χ2n) is 5.13. The molecule has 1 rings (SSSR count). The fourth-order valence-corrected chi connectivity index (χ4v) is 2.59. The van der Waals surface area contributed by atoms with Crippen molar-refractivity contribution in [3.63, 3.8) is 0 Å². The highest BCUT2D eigenvalue weighted by atomic mass is 16.4. The van der Waals surface area contributed by atoms with Gasteiger partial charge in [-0.3, -0.25) is 9.59 Å². The predicted octanol–water partition coefficient (Wildman–Crippen LogP) is 2.81. The molecule has 1 aliphatic carbocycles. The van der Waals surface area contributed by atoms with Gasteiger partial charge in [0.15, 0.2) is 0 Å². The van der Waals surface area contributed by atoms with Crippen LogP contribution in [0.25, 0.3) is 0 Å². The maximum Gasteiger partial charge on any atom is 0.305 e. The molecule has 0 aromatic rings. The van der Waals surface area contributed by atoms with Gasteiger partial charge in [-0.2, -0.15) is 0 Å². The van der Waals surface area contributed by atoms with Crippen LogP contribution in [0.1, 0.15) is 64.7 Å². The van der Waals surface area contributed by atoms with Crippen LogP contribution >= 0.6 is 0 Å². The first-order chi connectivity index (χ1) is 8.65. The lowest BCUT2D eigenvalue weighted by atomic mass is 9.93. The Hall–Kier alpha value is -1.06. The highest BCUT2D eigenvalue weighted by Crippen LogP contribution is 2.23. The number of nitrogens with zero attached hydrogens (tertiary/aromatic N) is 1. The van der Waals surface area contributed by atoms with Crippen molar-refractivity contribution < 1.29 is 14.7 Å². The molecule has 0 atom stereocenters. The zero-order chi connectivity index (χ0) is 13.4. The van der Waals surface area contributed by atoms with Crippen molar-refractivity contribution in [3.8, 4) is 0 Å². The van der Waals surface area contributed by atoms with Crippen molar-refractivity contribution in [3.05, 3.63) is 0 Å². The summed E-state index contributed by atoms with van der Waals surface area (Å²) < 4.78 is 0. The minimum Gasteiger partial charge on any atom is -0.481 e. The van der Waals surface area contributed by atoms with Gasteiger partial charge in [0, 0.05) is 19.0 Å². The van der Waals surface area contributed by atoms with E-state index >= 15 is 0 Å². The number of carbonyl (C=O) groups is 2. The molecule has 0 radical (unpaired) electrons. The summed E-state index contributed by atoms with van der Waals surface area (Å²) in [5.41, 5.74) is 0. The fourth-order valence-electron chi connectivity index (χ4n) is 2.59. The van der Waals surface area contributed by atoms with E-state index in [0.717, 1.165) is 38.5 Å². The second kappa shape index (κ2) is 8.11. The predicted molar refractivity (Wildman–Crippen MR) is 70.4 cm³/mol. The van der Waals surface area contributed by atoms with Crippen LogP contribution in [0.4, 0.5) is 0 Å². The van der Waals surface area contributed by atoms with Gasteiger partial charge in [0.25, 0.3) is 0 Å². The molecule has 4 heteroatoms. The molecular formula is C14H25NO3. The van der Waals surface area contributed by atoms with Gasteiger partial charge in [-0.1, -0.05) is 32.6 Å². The van der Waals surface area contributed by atoms with E-state index in [1.54, 1.807) is 0 Å². The fraction of sp³-hybridized carbons (Fsp3) is 0.857. The third kappa shape index (κ3) is 5.07. The lowest BCUT2D eigenvalue weighted by molar-refractivity contribution is -0.139. The zero-order valence-electron chi connectivity index (χ0n) is 11.4. The van der Waals surface area contributed by atoms with Crippen LogP contribution < -0.4 is 0 Å². The van der Waals surface area contributed by atoms with E-state index in [1.165, 1.54) is 6.42 Å². The topological polar surface area (TPSA) is 57.6 Å². The third-order valence-electron chi connectivity index (χ3n) is 3.65. The van der Waals surface area contributed by atoms with Gasteiger partial charge in [0.1, 0.15) is 0 Å². The molecule has 1 N–H and O–H groups in total. The molecule has 0 bridgehead atoms. The summed E-state index contributed by atoms with van der Waals surface area (Å²) >= 11 is 0. The van der Waals surface area contributed by atoms with Crippen LogP contribution in [0.2, 0.25) is 0 Å². The van der Waals surface area contributed by atoms with E-state index in [2.05, 4.69) is 6.92 Å². The lowest BCUT2D eigenvalue weighted by Crippen LogP contribution is -2.42. The molecule has 0 heterocycles. The Kier molecular flexibility index (Phi) is 6.76. The first kappa shape index (κ1) is 15.0. The molecule has 18 heavy (non-hydrogen) atoms. The number of aliphatic carboxylic acids is 1. The molecule has 4 nitrogen and oxygen atoms in total. The van der Waals surface area contributed by atoms with Crippen LogP contribution in [-0.2, 0) is 9.59 Å². The molecule has 1 fully saturated rings. The summed E-state index contributed by atoms with van der Waals surface area (Å²) in [5, 5.41) is 8.78. The minimum absolute atomic E-state index is 0.0639. The standard InChI is InChI=1S/C14H25NO3/c1-2-3-9-13(16)15(11-10-14(17)18)12-7-5-4-6-8-12/h12H,2-11H2,1H3,(H,17,18). The first-order valence-corrected chi connectivity index (χ1v) is 7.16. The van der Waals surface area contributed by atoms with E-state index in [4.69, 9.17) is 5.11 Å². The average molecular weight is 255 g/mol. The van der Waals surface area contributed by atoms with Gasteiger partial charge in [-0.05, 0) is 19.3 Å². The van der Waals surface area contributed by atoms with Crippen LogP contribution in [-0.4, -0.2) is 34.5 Å². The van der Waals surface area contributed by atoms with E-state index in [0.29, 0.717) is 13.0 Å². The maximum atomic E-state index is 12.1. The maximum absolute atomic E-state index is 12.1. The summed E-state index contributed by atoms with van der Waals surface area (Å²) in [6, 6.07) is 0.280. The summed E-state index contributed by atoms with van der Waals surface area (Å²) in [6.45, 7) is 2.44. The molecule has 0 aromatic carbocycles. The Balaban J connectivity index is 2.54. The molecular weight excluding hydrogens is 230 g/mol. The summed E-state index contributed by atoms with van der Waals surface area (Å²) in [6.07, 6.45) is 8.17. The van der Waals surface area contributed by atoms with E-state index < -0.39 is 5.97 Å². The first-order valence-electron chi connectivity index (χ1n) is 7.16. The average Bonchev–Trinajstić information content (AvgIpc) is 2.37. The molecule has 1 aliphatic rings. The smallest absolute Gasteiger partial charge is 0.305 e. The van der Waals surface area contributed by atoms with Crippen molar-refractivity contribution in [2.45, 2.75) is 70.8 Å². The van der Waals surface area contributed by atoms with Gasteiger partial charge in [-0.15, -0.1) is 0 Å². The number of carboxylic acid groups (broad SMARTS) is 1. The Morgan fingerprint density at radius 2 is 1.83 bits per heavy atom. The van der Waals surface area contributed by atoms with Crippen molar-refractivity contribution in [1.29, 1.82) is 0 Å². The van der Waals surface area contributed by atoms with E-state index in [-0.39, 0.29) is 18.4 Å². The Morgan fingerprint density at radius 1 is 1.17 bits per heavy atom. The minimum atomic E-state index is -0.820. The molecule has 1 amide bonds. The SMILES string of the molecule is CCCCC(=O)N(CCC(=O)O)C1CCCCC1. The Morgan fingerprint density at radius 3 is 2.39 bits per heavy atom. The van der Waals surface area contributed by atoms with Crippen molar-refractivity contribution in [2.75, 3.05) is 6.54 Å². The number of hydrogen-bond donors (Lipinski definition) is 1. The molecule has 1 saturated carbocycles. The summed E-state index contributed by atoms with van der Waals surface area (Å²) in [4.78, 5) is 24.7. The summed E-state index contributed by atoms with van der Waals surface area (Å²) in [5.74, 6) is -0.677. The quantitative estimate of drug-likeness (QED) is 0.761. The Bertz CT molecular complexity index is 272. The lowest BCUT2D eigenvalue weighted by Gasteiger charge is -2.34. The number of amides is 1. The molecule has 104 valence electrons. The third-order valence-corrected chi connectivity index (χ3v) is 3.65. The monoisotopic (exact) mass is 255 g/mol. The van der Waals surface area contributed by atoms with Crippen molar-refractivity contribution in [2.24, 2.45) is 0 Å². The van der Waals surface area contributed by atoms with Crippen molar-refractivity contribution in [1.82, 2.24) is 4.90 Å². The summed E-state index contributed by atoms with van der Waals surface area (Å²) in [7, 11) is 0. The molecule has 0 saturated heterocycles. The normalized spacial score (nSPS) is 16.5. The number of carboxylic acids is 1. The van der Waals surface area contributed by atoms with E-state index in [9.17, 15) is 9.59 Å². The van der Waals surface area contributed by atoms with Crippen LogP contribution in [0.3, 0.4) is 0 Å². The van der Waals surface area contributed by atoms with Gasteiger partial charge in [0.2, 0.25) is 5.91 Å². The van der Waals surface area contributed by atoms with Crippen LogP contribution in [0.15, 0.2) is 0 Å². The van der Waals surface area contributed by atoms with Crippen molar-refractivity contribution >= 4 is 11.9 Å². The molecule has 0 unspecified atom stereocenters. The highest BCUT2D eigenvalue weighted by Gasteiger charge is 2.25. The van der Waals surface area contributed by atoms with Gasteiger partial charge < -0.3 is 10.0 Å². The molecule has 0 aromatic heterocycles. The van der Waals surface area contributed by atoms with Crippen LogP contribution in [0, 0.1) is 0 Å². The molecule has 0 spiro atoms. The van der Waals surface area contributed by atoms with Gasteiger partial charge >= 0.3 is 5.97 Å².